The van der Waals surface area contributed by atoms with Crippen LogP contribution in [-0.4, -0.2) is 51.8 Å². The largest absolute Gasteiger partial charge is 0.385 e. The van der Waals surface area contributed by atoms with E-state index in [1.807, 2.05) is 11.9 Å². The second-order valence-electron chi connectivity index (χ2n) is 3.94. The molecule has 0 radical (unpaired) electrons. The van der Waals surface area contributed by atoms with E-state index in [9.17, 15) is 0 Å². The lowest BCUT2D eigenvalue weighted by Gasteiger charge is -2.17. The van der Waals surface area contributed by atoms with Crippen LogP contribution < -0.4 is 4.90 Å². The van der Waals surface area contributed by atoms with Gasteiger partial charge in [0, 0.05) is 39.7 Å². The van der Waals surface area contributed by atoms with Crippen LogP contribution in [0.4, 0.5) is 5.95 Å². The van der Waals surface area contributed by atoms with Crippen LogP contribution in [0.1, 0.15) is 6.42 Å². The van der Waals surface area contributed by atoms with Gasteiger partial charge in [0.1, 0.15) is 6.33 Å². The second kappa shape index (κ2) is 6.44. The van der Waals surface area contributed by atoms with E-state index in [1.165, 1.54) is 0 Å². The molecule has 0 aliphatic heterocycles. The molecule has 0 aliphatic rings. The highest BCUT2D eigenvalue weighted by molar-refractivity contribution is 6.28. The molecule has 2 rings (SSSR count). The maximum Gasteiger partial charge on any atom is 0.241 e. The van der Waals surface area contributed by atoms with E-state index in [0.29, 0.717) is 18.5 Å². The van der Waals surface area contributed by atoms with Crippen molar-refractivity contribution in [1.82, 2.24) is 24.5 Å². The molecule has 0 saturated carbocycles. The number of nitrogens with zero attached hydrogens (tertiary/aromatic N) is 6. The Hall–Kier alpha value is -1.73. The summed E-state index contributed by atoms with van der Waals surface area (Å²) in [5.74, 6) is 0.978. The van der Waals surface area contributed by atoms with Crippen molar-refractivity contribution in [3.8, 4) is 5.95 Å². The zero-order chi connectivity index (χ0) is 13.7. The van der Waals surface area contributed by atoms with E-state index in [2.05, 4.69) is 19.9 Å². The minimum Gasteiger partial charge on any atom is -0.385 e. The predicted octanol–water partition coefficient (Wildman–Crippen LogP) is 1.18. The van der Waals surface area contributed by atoms with Crippen LogP contribution in [0.5, 0.6) is 0 Å². The number of imidazole rings is 1. The zero-order valence-corrected chi connectivity index (χ0v) is 11.6. The van der Waals surface area contributed by atoms with Crippen LogP contribution in [0.15, 0.2) is 18.7 Å². The van der Waals surface area contributed by atoms with Gasteiger partial charge >= 0.3 is 0 Å². The first kappa shape index (κ1) is 13.7. The first-order valence-corrected chi connectivity index (χ1v) is 6.18. The quantitative estimate of drug-likeness (QED) is 0.741. The third-order valence-corrected chi connectivity index (χ3v) is 2.67. The highest BCUT2D eigenvalue weighted by atomic mass is 35.5. The Morgan fingerprint density at radius 1 is 1.37 bits per heavy atom. The number of methoxy groups -OCH3 is 1. The van der Waals surface area contributed by atoms with Crippen molar-refractivity contribution in [2.24, 2.45) is 0 Å². The first-order chi connectivity index (χ1) is 9.20. The summed E-state index contributed by atoms with van der Waals surface area (Å²) in [7, 11) is 3.58. The topological polar surface area (TPSA) is 69.0 Å². The van der Waals surface area contributed by atoms with Crippen molar-refractivity contribution in [2.75, 3.05) is 32.2 Å². The van der Waals surface area contributed by atoms with Crippen LogP contribution >= 0.6 is 11.6 Å². The molecule has 0 fully saturated rings. The van der Waals surface area contributed by atoms with Gasteiger partial charge in [-0.2, -0.15) is 15.0 Å². The van der Waals surface area contributed by atoms with Crippen molar-refractivity contribution in [1.29, 1.82) is 0 Å². The number of aromatic nitrogens is 5. The molecule has 0 unspecified atom stereocenters. The molecular formula is C11H15ClN6O. The van der Waals surface area contributed by atoms with E-state index in [1.54, 1.807) is 30.4 Å². The number of anilines is 1. The molecule has 102 valence electrons. The van der Waals surface area contributed by atoms with E-state index in [0.717, 1.165) is 13.0 Å². The fraction of sp³-hybridized carbons (Fsp3) is 0.455. The Balaban J connectivity index is 2.17. The maximum atomic E-state index is 5.92. The molecule has 2 aromatic heterocycles. The highest BCUT2D eigenvalue weighted by Crippen LogP contribution is 2.12. The van der Waals surface area contributed by atoms with Crippen molar-refractivity contribution in [2.45, 2.75) is 6.42 Å². The van der Waals surface area contributed by atoms with E-state index < -0.39 is 0 Å². The molecule has 19 heavy (non-hydrogen) atoms. The molecule has 7 nitrogen and oxygen atoms in total. The summed E-state index contributed by atoms with van der Waals surface area (Å²) in [6.07, 6.45) is 5.90. The van der Waals surface area contributed by atoms with Gasteiger partial charge in [-0.15, -0.1) is 0 Å². The standard InChI is InChI=1S/C11H15ClN6O/c1-17(5-3-7-19-2)10-14-9(12)15-11(16-10)18-6-4-13-8-18/h4,6,8H,3,5,7H2,1-2H3. The number of hydrogen-bond donors (Lipinski definition) is 0. The molecule has 0 N–H and O–H groups in total. The summed E-state index contributed by atoms with van der Waals surface area (Å²) in [5, 5.41) is 0.160. The average Bonchev–Trinajstić information content (AvgIpc) is 2.92. The molecule has 0 saturated heterocycles. The summed E-state index contributed by atoms with van der Waals surface area (Å²) in [5.41, 5.74) is 0. The van der Waals surface area contributed by atoms with Gasteiger partial charge in [0.2, 0.25) is 17.2 Å². The fourth-order valence-electron chi connectivity index (χ4n) is 1.54. The molecule has 0 atom stereocenters. The number of halogens is 1. The van der Waals surface area contributed by atoms with Gasteiger partial charge in [-0.25, -0.2) is 4.98 Å². The molecule has 0 bridgehead atoms. The Labute approximate surface area is 116 Å². The third kappa shape index (κ3) is 3.62. The molecule has 0 spiro atoms. The van der Waals surface area contributed by atoms with Gasteiger partial charge in [0.05, 0.1) is 0 Å². The van der Waals surface area contributed by atoms with Crippen molar-refractivity contribution >= 4 is 17.5 Å². The van der Waals surface area contributed by atoms with Crippen LogP contribution in [0.3, 0.4) is 0 Å². The van der Waals surface area contributed by atoms with E-state index in [4.69, 9.17) is 16.3 Å². The smallest absolute Gasteiger partial charge is 0.241 e. The van der Waals surface area contributed by atoms with Gasteiger partial charge in [0.25, 0.3) is 0 Å². The van der Waals surface area contributed by atoms with Gasteiger partial charge in [-0.05, 0) is 18.0 Å². The maximum absolute atomic E-state index is 5.92. The molecule has 0 aliphatic carbocycles. The first-order valence-electron chi connectivity index (χ1n) is 5.80. The van der Waals surface area contributed by atoms with Gasteiger partial charge < -0.3 is 9.64 Å². The number of hydrogen-bond acceptors (Lipinski definition) is 6. The van der Waals surface area contributed by atoms with Gasteiger partial charge in [-0.3, -0.25) is 4.57 Å². The number of rotatable bonds is 6. The lowest BCUT2D eigenvalue weighted by molar-refractivity contribution is 0.196. The Morgan fingerprint density at radius 2 is 2.21 bits per heavy atom. The molecule has 2 aromatic rings. The normalized spacial score (nSPS) is 10.7. The third-order valence-electron chi connectivity index (χ3n) is 2.50. The lowest BCUT2D eigenvalue weighted by Crippen LogP contribution is -2.23. The monoisotopic (exact) mass is 282 g/mol. The van der Waals surface area contributed by atoms with Gasteiger partial charge in [-0.1, -0.05) is 0 Å². The fourth-order valence-corrected chi connectivity index (χ4v) is 1.69. The Morgan fingerprint density at radius 3 is 2.89 bits per heavy atom. The molecule has 2 heterocycles. The van der Waals surface area contributed by atoms with Crippen LogP contribution in [0, 0.1) is 0 Å². The summed E-state index contributed by atoms with van der Waals surface area (Å²) in [6, 6.07) is 0. The van der Waals surface area contributed by atoms with Crippen LogP contribution in [0.25, 0.3) is 5.95 Å². The SMILES string of the molecule is COCCCN(C)c1nc(Cl)nc(-n2ccnc2)n1. The predicted molar refractivity (Wildman–Crippen MR) is 71.7 cm³/mol. The highest BCUT2D eigenvalue weighted by Gasteiger charge is 2.10. The minimum atomic E-state index is 0.160. The van der Waals surface area contributed by atoms with Crippen LogP contribution in [-0.2, 0) is 4.74 Å². The average molecular weight is 283 g/mol. The summed E-state index contributed by atoms with van der Waals surface area (Å²) in [4.78, 5) is 18.4. The minimum absolute atomic E-state index is 0.160. The van der Waals surface area contributed by atoms with Crippen LogP contribution in [0.2, 0.25) is 5.28 Å². The van der Waals surface area contributed by atoms with Crippen molar-refractivity contribution in [3.63, 3.8) is 0 Å². The van der Waals surface area contributed by atoms with Crippen molar-refractivity contribution in [3.05, 3.63) is 24.0 Å². The second-order valence-corrected chi connectivity index (χ2v) is 4.28. The summed E-state index contributed by atoms with van der Waals surface area (Å²) < 4.78 is 6.70. The summed E-state index contributed by atoms with van der Waals surface area (Å²) in [6.45, 7) is 1.47. The van der Waals surface area contributed by atoms with Gasteiger partial charge in [0.15, 0.2) is 0 Å². The molecule has 0 amide bonds. The van der Waals surface area contributed by atoms with E-state index in [-0.39, 0.29) is 5.28 Å². The molecular weight excluding hydrogens is 268 g/mol. The summed E-state index contributed by atoms with van der Waals surface area (Å²) >= 11 is 5.92. The zero-order valence-electron chi connectivity index (χ0n) is 10.8. The number of ether oxygens (including phenoxy) is 1. The Kier molecular flexibility index (Phi) is 4.64. The van der Waals surface area contributed by atoms with Crippen molar-refractivity contribution < 1.29 is 4.74 Å². The molecule has 8 heteroatoms. The molecule has 0 aromatic carbocycles. The van der Waals surface area contributed by atoms with E-state index >= 15 is 0 Å². The lowest BCUT2D eigenvalue weighted by atomic mass is 10.4. The Bertz CT molecular complexity index is 518.